The van der Waals surface area contributed by atoms with Gasteiger partial charge < -0.3 is 10.4 Å². The molecule has 0 spiro atoms. The summed E-state index contributed by atoms with van der Waals surface area (Å²) in [6.45, 7) is 0.850. The Kier molecular flexibility index (Phi) is 4.48. The lowest BCUT2D eigenvalue weighted by molar-refractivity contribution is -0.121. The number of rotatable bonds is 7. The van der Waals surface area contributed by atoms with Crippen molar-refractivity contribution >= 4 is 5.91 Å². The minimum Gasteiger partial charge on any atom is -0.392 e. The first-order valence-corrected chi connectivity index (χ1v) is 7.60. The fraction of sp³-hybridized carbons (Fsp3) is 0.438. The molecule has 2 aromatic rings. The molecule has 1 saturated carbocycles. The molecule has 0 radical (unpaired) electrons. The van der Waals surface area contributed by atoms with Crippen LogP contribution in [-0.4, -0.2) is 32.6 Å². The van der Waals surface area contributed by atoms with E-state index in [0.29, 0.717) is 12.5 Å². The van der Waals surface area contributed by atoms with Gasteiger partial charge in [0.15, 0.2) is 0 Å². The highest BCUT2D eigenvalue weighted by molar-refractivity contribution is 5.75. The summed E-state index contributed by atoms with van der Waals surface area (Å²) in [4.78, 5) is 11.9. The second kappa shape index (κ2) is 6.70. The summed E-state index contributed by atoms with van der Waals surface area (Å²) in [5, 5.41) is 19.9. The number of carbonyl (C=O) groups excluding carboxylic acids is 1. The van der Waals surface area contributed by atoms with Gasteiger partial charge in [0.25, 0.3) is 0 Å². The van der Waals surface area contributed by atoms with Crippen molar-refractivity contribution in [3.63, 3.8) is 0 Å². The summed E-state index contributed by atoms with van der Waals surface area (Å²) >= 11 is 0. The molecule has 3 rings (SSSR count). The van der Waals surface area contributed by atoms with Crippen molar-refractivity contribution in [2.24, 2.45) is 0 Å². The largest absolute Gasteiger partial charge is 0.392 e. The number of aromatic nitrogens is 3. The van der Waals surface area contributed by atoms with Crippen molar-refractivity contribution in [1.29, 1.82) is 0 Å². The van der Waals surface area contributed by atoms with Crippen molar-refractivity contribution in [3.05, 3.63) is 47.3 Å². The van der Waals surface area contributed by atoms with Crippen molar-refractivity contribution in [3.8, 4) is 0 Å². The van der Waals surface area contributed by atoms with Crippen LogP contribution in [0.5, 0.6) is 0 Å². The summed E-state index contributed by atoms with van der Waals surface area (Å²) in [5.41, 5.74) is 3.02. The normalized spacial score (nSPS) is 14.0. The Hall–Kier alpha value is -2.21. The first-order valence-electron chi connectivity index (χ1n) is 7.60. The van der Waals surface area contributed by atoms with Gasteiger partial charge in [0.2, 0.25) is 5.91 Å². The van der Waals surface area contributed by atoms with Gasteiger partial charge in [0.05, 0.1) is 12.3 Å². The van der Waals surface area contributed by atoms with Crippen LogP contribution in [0.4, 0.5) is 0 Å². The fourth-order valence-corrected chi connectivity index (χ4v) is 2.32. The van der Waals surface area contributed by atoms with Gasteiger partial charge in [-0.1, -0.05) is 29.5 Å². The molecule has 2 N–H and O–H groups in total. The van der Waals surface area contributed by atoms with Crippen molar-refractivity contribution in [2.75, 3.05) is 6.54 Å². The van der Waals surface area contributed by atoms with Gasteiger partial charge in [0, 0.05) is 18.7 Å². The molecular formula is C16H20N4O2. The summed E-state index contributed by atoms with van der Waals surface area (Å²) in [5.74, 6) is 0.498. The van der Waals surface area contributed by atoms with E-state index in [9.17, 15) is 4.79 Å². The zero-order chi connectivity index (χ0) is 15.4. The second-order valence-electron chi connectivity index (χ2n) is 5.69. The fourth-order valence-electron chi connectivity index (χ4n) is 2.32. The standard InChI is InChI=1S/C16H20N4O2/c21-11-13-3-1-12(2-4-13)7-8-17-16(22)10-20-9-15(18-19-20)14-5-6-14/h1-4,9,14,21H,5-8,10-11H2,(H,17,22). The van der Waals surface area contributed by atoms with Crippen LogP contribution in [0.15, 0.2) is 30.5 Å². The van der Waals surface area contributed by atoms with E-state index in [1.807, 2.05) is 30.5 Å². The van der Waals surface area contributed by atoms with E-state index < -0.39 is 0 Å². The smallest absolute Gasteiger partial charge is 0.241 e. The molecule has 1 amide bonds. The molecule has 22 heavy (non-hydrogen) atoms. The van der Waals surface area contributed by atoms with Crippen LogP contribution in [0.1, 0.15) is 35.6 Å². The molecule has 0 saturated heterocycles. The maximum atomic E-state index is 11.9. The van der Waals surface area contributed by atoms with E-state index in [1.54, 1.807) is 4.68 Å². The maximum Gasteiger partial charge on any atom is 0.241 e. The number of amides is 1. The Balaban J connectivity index is 1.41. The van der Waals surface area contributed by atoms with Gasteiger partial charge >= 0.3 is 0 Å². The molecule has 6 nitrogen and oxygen atoms in total. The van der Waals surface area contributed by atoms with Gasteiger partial charge in [-0.15, -0.1) is 5.10 Å². The van der Waals surface area contributed by atoms with Crippen LogP contribution >= 0.6 is 0 Å². The number of hydrogen-bond acceptors (Lipinski definition) is 4. The topological polar surface area (TPSA) is 80.0 Å². The monoisotopic (exact) mass is 300 g/mol. The molecule has 1 aliphatic rings. The van der Waals surface area contributed by atoms with Gasteiger partial charge in [-0.25, -0.2) is 4.68 Å². The number of hydrogen-bond donors (Lipinski definition) is 2. The summed E-state index contributed by atoms with van der Waals surface area (Å²) in [6.07, 6.45) is 4.99. The van der Waals surface area contributed by atoms with E-state index in [-0.39, 0.29) is 19.1 Å². The van der Waals surface area contributed by atoms with Crippen LogP contribution in [-0.2, 0) is 24.4 Å². The van der Waals surface area contributed by atoms with E-state index >= 15 is 0 Å². The molecule has 1 aliphatic carbocycles. The van der Waals surface area contributed by atoms with E-state index in [0.717, 1.165) is 23.2 Å². The zero-order valence-corrected chi connectivity index (χ0v) is 12.4. The maximum absolute atomic E-state index is 11.9. The molecule has 116 valence electrons. The number of nitrogens with zero attached hydrogens (tertiary/aromatic N) is 3. The average Bonchev–Trinajstić information content (AvgIpc) is 3.28. The number of benzene rings is 1. The third-order valence-electron chi connectivity index (χ3n) is 3.80. The Morgan fingerprint density at radius 1 is 1.27 bits per heavy atom. The highest BCUT2D eigenvalue weighted by atomic mass is 16.3. The Labute approximate surface area is 129 Å². The Morgan fingerprint density at radius 3 is 2.68 bits per heavy atom. The number of carbonyl (C=O) groups is 1. The summed E-state index contributed by atoms with van der Waals surface area (Å²) in [7, 11) is 0. The van der Waals surface area contributed by atoms with Gasteiger partial charge in [-0.3, -0.25) is 4.79 Å². The van der Waals surface area contributed by atoms with E-state index in [4.69, 9.17) is 5.11 Å². The van der Waals surface area contributed by atoms with Crippen LogP contribution in [0.2, 0.25) is 0 Å². The van der Waals surface area contributed by atoms with Crippen LogP contribution in [0.3, 0.4) is 0 Å². The van der Waals surface area contributed by atoms with Crippen LogP contribution < -0.4 is 5.32 Å². The number of aliphatic hydroxyl groups is 1. The lowest BCUT2D eigenvalue weighted by Gasteiger charge is -2.06. The molecular weight excluding hydrogens is 280 g/mol. The lowest BCUT2D eigenvalue weighted by Crippen LogP contribution is -2.29. The SMILES string of the molecule is O=C(Cn1cc(C2CC2)nn1)NCCc1ccc(CO)cc1. The summed E-state index contributed by atoms with van der Waals surface area (Å²) in [6, 6.07) is 7.73. The molecule has 0 unspecified atom stereocenters. The Bertz CT molecular complexity index is 632. The minimum atomic E-state index is -0.0563. The lowest BCUT2D eigenvalue weighted by atomic mass is 10.1. The molecule has 0 aliphatic heterocycles. The zero-order valence-electron chi connectivity index (χ0n) is 12.4. The van der Waals surface area contributed by atoms with Gasteiger partial charge in [-0.05, 0) is 30.4 Å². The van der Waals surface area contributed by atoms with Crippen molar-refractivity contribution < 1.29 is 9.90 Å². The van der Waals surface area contributed by atoms with E-state index in [1.165, 1.54) is 12.8 Å². The van der Waals surface area contributed by atoms with E-state index in [2.05, 4.69) is 15.6 Å². The predicted octanol–water partition coefficient (Wildman–Crippen LogP) is 1.01. The average molecular weight is 300 g/mol. The second-order valence-corrected chi connectivity index (χ2v) is 5.69. The molecule has 0 bridgehead atoms. The first-order chi connectivity index (χ1) is 10.7. The minimum absolute atomic E-state index is 0.0533. The highest BCUT2D eigenvalue weighted by Gasteiger charge is 2.26. The van der Waals surface area contributed by atoms with Gasteiger partial charge in [-0.2, -0.15) is 0 Å². The Morgan fingerprint density at radius 2 is 2.00 bits per heavy atom. The van der Waals surface area contributed by atoms with Crippen molar-refractivity contribution in [1.82, 2.24) is 20.3 Å². The quantitative estimate of drug-likeness (QED) is 0.799. The molecule has 6 heteroatoms. The third-order valence-corrected chi connectivity index (χ3v) is 3.80. The molecule has 1 aromatic carbocycles. The van der Waals surface area contributed by atoms with Crippen LogP contribution in [0.25, 0.3) is 0 Å². The predicted molar refractivity (Wildman–Crippen MR) is 81.1 cm³/mol. The van der Waals surface area contributed by atoms with Gasteiger partial charge in [0.1, 0.15) is 6.54 Å². The molecule has 1 aromatic heterocycles. The molecule has 1 fully saturated rings. The third kappa shape index (κ3) is 3.92. The molecule has 1 heterocycles. The first kappa shape index (κ1) is 14.7. The highest BCUT2D eigenvalue weighted by Crippen LogP contribution is 2.38. The van der Waals surface area contributed by atoms with Crippen LogP contribution in [0, 0.1) is 0 Å². The van der Waals surface area contributed by atoms with Crippen molar-refractivity contribution in [2.45, 2.75) is 38.3 Å². The number of aliphatic hydroxyl groups excluding tert-OH is 1. The molecule has 0 atom stereocenters. The summed E-state index contributed by atoms with van der Waals surface area (Å²) < 4.78 is 1.60. The number of nitrogens with one attached hydrogen (secondary N) is 1.